The highest BCUT2D eigenvalue weighted by Crippen LogP contribution is 2.37. The fourth-order valence-corrected chi connectivity index (χ4v) is 4.30. The smallest absolute Gasteiger partial charge is 0.417 e. The molecule has 210 valence electrons. The number of hydrogen-bond donors (Lipinski definition) is 0. The van der Waals surface area contributed by atoms with Crippen molar-refractivity contribution in [2.45, 2.75) is 32.5 Å². The van der Waals surface area contributed by atoms with Gasteiger partial charge in [0.1, 0.15) is 11.4 Å². The van der Waals surface area contributed by atoms with Crippen LogP contribution in [0.3, 0.4) is 0 Å². The first-order chi connectivity index (χ1) is 19.6. The van der Waals surface area contributed by atoms with E-state index in [9.17, 15) is 26.7 Å². The number of halogens is 5. The molecular formula is C29H22F5N5O2. The zero-order valence-electron chi connectivity index (χ0n) is 21.8. The molecule has 7 nitrogen and oxygen atoms in total. The summed E-state index contributed by atoms with van der Waals surface area (Å²) in [4.78, 5) is 25.9. The zero-order chi connectivity index (χ0) is 29.3. The number of aryl methyl sites for hydroxylation is 1. The van der Waals surface area contributed by atoms with E-state index in [1.165, 1.54) is 53.6 Å². The highest BCUT2D eigenvalue weighted by atomic mass is 19.4. The number of esters is 1. The second-order valence-corrected chi connectivity index (χ2v) is 9.27. The Morgan fingerprint density at radius 3 is 2.46 bits per heavy atom. The van der Waals surface area contributed by atoms with Crippen LogP contribution in [0.5, 0.6) is 0 Å². The molecule has 12 heteroatoms. The molecule has 5 rings (SSSR count). The maximum absolute atomic E-state index is 14.3. The van der Waals surface area contributed by atoms with Gasteiger partial charge in [-0.2, -0.15) is 18.3 Å². The van der Waals surface area contributed by atoms with Gasteiger partial charge in [-0.25, -0.2) is 23.5 Å². The molecule has 2 aliphatic rings. The number of nitrogens with zero attached hydrogens (tertiary/aromatic N) is 5. The normalized spacial score (nSPS) is 12.5. The van der Waals surface area contributed by atoms with Gasteiger partial charge in [-0.15, -0.1) is 0 Å². The van der Waals surface area contributed by atoms with Crippen molar-refractivity contribution >= 4 is 5.97 Å². The van der Waals surface area contributed by atoms with E-state index in [2.05, 4.69) is 20.1 Å². The van der Waals surface area contributed by atoms with Crippen LogP contribution in [0.2, 0.25) is 0 Å². The number of pyridine rings is 1. The topological polar surface area (TPSA) is 82.8 Å². The molecule has 0 N–H and O–H groups in total. The number of rotatable bonds is 7. The Bertz CT molecular complexity index is 1680. The highest BCUT2D eigenvalue weighted by Gasteiger charge is 2.34. The van der Waals surface area contributed by atoms with E-state index in [-0.39, 0.29) is 40.6 Å². The maximum Gasteiger partial charge on any atom is 0.417 e. The predicted molar refractivity (Wildman–Crippen MR) is 139 cm³/mol. The lowest BCUT2D eigenvalue weighted by Gasteiger charge is -2.19. The Kier molecular flexibility index (Phi) is 7.48. The van der Waals surface area contributed by atoms with Gasteiger partial charge in [-0.1, -0.05) is 36.8 Å². The standard InChI is InChI=1S/C29H22F5N5O2/c1-3-11-41-28(40)26(17-8-10-22(35-13-17)18-9-7-16(2)12-20(18)29(32,33)34)39-15-24-23(14-36-39)37-27(38-24)19-5-4-6-21(30)25(19)31/h4-10,12-15,26H,3,11H2,1-2H3. The van der Waals surface area contributed by atoms with Gasteiger partial charge in [0.2, 0.25) is 0 Å². The van der Waals surface area contributed by atoms with Crippen molar-refractivity contribution in [2.24, 2.45) is 0 Å². The van der Waals surface area contributed by atoms with Crippen molar-refractivity contribution < 1.29 is 31.5 Å². The molecular weight excluding hydrogens is 545 g/mol. The van der Waals surface area contributed by atoms with Crippen LogP contribution in [0.15, 0.2) is 67.1 Å². The van der Waals surface area contributed by atoms with Crippen LogP contribution in [0.1, 0.15) is 36.1 Å². The summed E-state index contributed by atoms with van der Waals surface area (Å²) in [6.07, 6.45) is -0.0335. The minimum atomic E-state index is -4.59. The Balaban J connectivity index is 1.54. The molecule has 0 saturated heterocycles. The number of benzene rings is 2. The van der Waals surface area contributed by atoms with Gasteiger partial charge in [0.15, 0.2) is 23.5 Å². The summed E-state index contributed by atoms with van der Waals surface area (Å²) in [6.45, 7) is 3.52. The molecule has 1 aromatic heterocycles. The lowest BCUT2D eigenvalue weighted by molar-refractivity contribution is -0.146. The monoisotopic (exact) mass is 567 g/mol. The Labute approximate surface area is 231 Å². The Morgan fingerprint density at radius 1 is 0.976 bits per heavy atom. The quantitative estimate of drug-likeness (QED) is 0.162. The molecule has 3 heterocycles. The van der Waals surface area contributed by atoms with Crippen molar-refractivity contribution in [3.8, 4) is 34.0 Å². The largest absolute Gasteiger partial charge is 0.464 e. The summed E-state index contributed by atoms with van der Waals surface area (Å²) in [5.74, 6) is -2.89. The van der Waals surface area contributed by atoms with E-state index in [4.69, 9.17) is 4.74 Å². The number of ether oxygens (including phenoxy) is 1. The van der Waals surface area contributed by atoms with Gasteiger partial charge in [0.05, 0.1) is 35.8 Å². The number of carbonyl (C=O) groups is 1. The number of imidazole rings is 1. The molecule has 41 heavy (non-hydrogen) atoms. The Hall–Kier alpha value is -4.74. The van der Waals surface area contributed by atoms with Crippen LogP contribution in [-0.4, -0.2) is 37.3 Å². The third kappa shape index (κ3) is 5.63. The van der Waals surface area contributed by atoms with Gasteiger partial charge in [-0.3, -0.25) is 9.67 Å². The number of alkyl halides is 3. The molecule has 0 amide bonds. The average molecular weight is 568 g/mol. The molecule has 0 fully saturated rings. The molecule has 0 aliphatic carbocycles. The van der Waals surface area contributed by atoms with Gasteiger partial charge < -0.3 is 4.74 Å². The van der Waals surface area contributed by atoms with Crippen LogP contribution >= 0.6 is 0 Å². The first-order valence-electron chi connectivity index (χ1n) is 12.5. The third-order valence-corrected chi connectivity index (χ3v) is 6.27. The number of hydrogen-bond acceptors (Lipinski definition) is 6. The summed E-state index contributed by atoms with van der Waals surface area (Å²) in [5, 5.41) is 4.27. The maximum atomic E-state index is 14.3. The van der Waals surface area contributed by atoms with Crippen molar-refractivity contribution in [2.75, 3.05) is 6.61 Å². The number of fused-ring (bicyclic) bond motifs is 1. The SMILES string of the molecule is CCCOC(=O)C(c1ccc(-c2ccc(C)cc2C(F)(F)F)nc1)n1cc2nc(-c3cccc(F)c3F)nc-2cn1. The molecule has 0 spiro atoms. The fourth-order valence-electron chi connectivity index (χ4n) is 4.30. The molecule has 0 saturated carbocycles. The van der Waals surface area contributed by atoms with Crippen molar-refractivity contribution in [1.82, 2.24) is 24.7 Å². The fraction of sp³-hybridized carbons (Fsp3) is 0.207. The summed E-state index contributed by atoms with van der Waals surface area (Å²) in [5.41, 5.74) is 0.268. The summed E-state index contributed by atoms with van der Waals surface area (Å²) in [6, 6.07) is 9.31. The van der Waals surface area contributed by atoms with Gasteiger partial charge in [0, 0.05) is 17.3 Å². The molecule has 3 aromatic rings. The molecule has 2 aromatic carbocycles. The highest BCUT2D eigenvalue weighted by molar-refractivity contribution is 5.78. The van der Waals surface area contributed by atoms with E-state index in [1.807, 2.05) is 6.92 Å². The lowest BCUT2D eigenvalue weighted by Crippen LogP contribution is -2.25. The molecule has 1 atom stereocenters. The average Bonchev–Trinajstić information content (AvgIpc) is 3.37. The van der Waals surface area contributed by atoms with E-state index in [0.717, 1.165) is 12.1 Å². The zero-order valence-corrected chi connectivity index (χ0v) is 21.8. The molecule has 0 bridgehead atoms. The van der Waals surface area contributed by atoms with Crippen molar-refractivity contribution in [3.05, 3.63) is 95.4 Å². The van der Waals surface area contributed by atoms with Gasteiger partial charge >= 0.3 is 12.1 Å². The number of carbonyl (C=O) groups excluding carboxylic acids is 1. The molecule has 2 aliphatic heterocycles. The van der Waals surface area contributed by atoms with Crippen LogP contribution in [0.4, 0.5) is 22.0 Å². The Morgan fingerprint density at radius 2 is 1.76 bits per heavy atom. The second kappa shape index (κ2) is 11.0. The molecule has 1 unspecified atom stereocenters. The van der Waals surface area contributed by atoms with Crippen molar-refractivity contribution in [1.29, 1.82) is 0 Å². The lowest BCUT2D eigenvalue weighted by atomic mass is 10.00. The van der Waals surface area contributed by atoms with Crippen LogP contribution in [-0.2, 0) is 15.7 Å². The van der Waals surface area contributed by atoms with E-state index >= 15 is 0 Å². The predicted octanol–water partition coefficient (Wildman–Crippen LogP) is 6.65. The molecule has 0 radical (unpaired) electrons. The van der Waals surface area contributed by atoms with Gasteiger partial charge in [0.25, 0.3) is 0 Å². The second-order valence-electron chi connectivity index (χ2n) is 9.27. The van der Waals surface area contributed by atoms with Gasteiger partial charge in [-0.05, 0) is 37.6 Å². The van der Waals surface area contributed by atoms with Crippen molar-refractivity contribution in [3.63, 3.8) is 0 Å². The van der Waals surface area contributed by atoms with Crippen LogP contribution in [0, 0.1) is 18.6 Å². The van der Waals surface area contributed by atoms with Crippen LogP contribution in [0.25, 0.3) is 34.0 Å². The summed E-state index contributed by atoms with van der Waals surface area (Å²) in [7, 11) is 0. The summed E-state index contributed by atoms with van der Waals surface area (Å²) < 4.78 is 75.8. The van der Waals surface area contributed by atoms with E-state index in [1.54, 1.807) is 13.0 Å². The number of aromatic nitrogens is 5. The first-order valence-corrected chi connectivity index (χ1v) is 12.5. The minimum Gasteiger partial charge on any atom is -0.464 e. The summed E-state index contributed by atoms with van der Waals surface area (Å²) >= 11 is 0. The van der Waals surface area contributed by atoms with Crippen LogP contribution < -0.4 is 0 Å². The van der Waals surface area contributed by atoms with E-state index in [0.29, 0.717) is 17.5 Å². The minimum absolute atomic E-state index is 0.0637. The van der Waals surface area contributed by atoms with E-state index < -0.39 is 35.4 Å². The first kappa shape index (κ1) is 27.8. The third-order valence-electron chi connectivity index (χ3n) is 6.27.